The van der Waals surface area contributed by atoms with Gasteiger partial charge in [-0.1, -0.05) is 35.4 Å². The molecule has 27 heavy (non-hydrogen) atoms. The van der Waals surface area contributed by atoms with E-state index in [2.05, 4.69) is 16.7 Å². The number of thiocarbonyl (C=S) groups is 1. The number of rotatable bonds is 5. The first-order valence-electron chi connectivity index (χ1n) is 8.52. The fourth-order valence-corrected chi connectivity index (χ4v) is 6.41. The first-order chi connectivity index (χ1) is 12.7. The Hall–Kier alpha value is -0.570. The molecule has 0 bridgehead atoms. The van der Waals surface area contributed by atoms with Crippen LogP contribution in [0.2, 0.25) is 0 Å². The van der Waals surface area contributed by atoms with Gasteiger partial charge in [-0.3, -0.25) is 4.72 Å². The summed E-state index contributed by atoms with van der Waals surface area (Å²) in [4.78, 5) is 3.71. The molecule has 2 aliphatic rings. The molecule has 0 aromatic heterocycles. The van der Waals surface area contributed by atoms with Gasteiger partial charge in [0.1, 0.15) is 4.91 Å². The molecule has 1 aromatic rings. The molecule has 1 saturated heterocycles. The third kappa shape index (κ3) is 5.49. The second-order valence-corrected chi connectivity index (χ2v) is 11.0. The Kier molecular flexibility index (Phi) is 6.93. The number of piperidine rings is 1. The lowest BCUT2D eigenvalue weighted by Crippen LogP contribution is -2.31. The summed E-state index contributed by atoms with van der Waals surface area (Å²) in [6, 6.07) is 7.39. The van der Waals surface area contributed by atoms with Gasteiger partial charge in [-0.15, -0.1) is 11.8 Å². The highest BCUT2D eigenvalue weighted by Crippen LogP contribution is 2.33. The van der Waals surface area contributed by atoms with Gasteiger partial charge in [-0.25, -0.2) is 8.42 Å². The third-order valence-corrected chi connectivity index (χ3v) is 8.44. The van der Waals surface area contributed by atoms with Crippen LogP contribution in [0.1, 0.15) is 19.3 Å². The fraction of sp³-hybridized carbons (Fsp3) is 0.389. The normalized spacial score (nSPS) is 20.0. The lowest BCUT2D eigenvalue weighted by atomic mass is 10.1. The van der Waals surface area contributed by atoms with Crippen molar-refractivity contribution in [2.75, 3.05) is 24.9 Å². The Morgan fingerprint density at radius 1 is 1.19 bits per heavy atom. The summed E-state index contributed by atoms with van der Waals surface area (Å²) < 4.78 is 27.9. The molecule has 1 aromatic carbocycles. The second-order valence-electron chi connectivity index (χ2n) is 6.62. The molecule has 1 aliphatic heterocycles. The SMILES string of the molecule is CN1CCC(Sc2ccc(NS(=O)(=O)C3=C(Cl)C(=S)CC(Cl)=C3)cc2)CC1. The minimum atomic E-state index is -3.86. The molecule has 0 amide bonds. The van der Waals surface area contributed by atoms with E-state index in [9.17, 15) is 8.42 Å². The van der Waals surface area contributed by atoms with Gasteiger partial charge in [0.05, 0.1) is 5.03 Å². The van der Waals surface area contributed by atoms with Gasteiger partial charge in [-0.2, -0.15) is 0 Å². The molecule has 0 atom stereocenters. The monoisotopic (exact) mass is 462 g/mol. The topological polar surface area (TPSA) is 49.4 Å². The molecule has 146 valence electrons. The summed E-state index contributed by atoms with van der Waals surface area (Å²) in [5.41, 5.74) is 0.473. The Morgan fingerprint density at radius 2 is 1.81 bits per heavy atom. The van der Waals surface area contributed by atoms with Crippen LogP contribution in [0.15, 0.2) is 50.2 Å². The molecule has 0 spiro atoms. The van der Waals surface area contributed by atoms with Crippen molar-refractivity contribution in [3.63, 3.8) is 0 Å². The number of nitrogens with one attached hydrogen (secondary N) is 1. The van der Waals surface area contributed by atoms with E-state index in [1.165, 1.54) is 6.08 Å². The highest BCUT2D eigenvalue weighted by molar-refractivity contribution is 8.00. The van der Waals surface area contributed by atoms with Crippen LogP contribution < -0.4 is 4.72 Å². The summed E-state index contributed by atoms with van der Waals surface area (Å²) >= 11 is 19.0. The van der Waals surface area contributed by atoms with Gasteiger partial charge in [0, 0.05) is 32.2 Å². The molecule has 9 heteroatoms. The highest BCUT2D eigenvalue weighted by atomic mass is 35.5. The molecule has 1 fully saturated rings. The van der Waals surface area contributed by atoms with Crippen LogP contribution in [-0.2, 0) is 10.0 Å². The average molecular weight is 463 g/mol. The predicted molar refractivity (Wildman–Crippen MR) is 119 cm³/mol. The molecular weight excluding hydrogens is 443 g/mol. The number of hydrogen-bond donors (Lipinski definition) is 1. The van der Waals surface area contributed by atoms with Crippen LogP contribution in [-0.4, -0.2) is 43.6 Å². The van der Waals surface area contributed by atoms with Crippen molar-refractivity contribution in [2.45, 2.75) is 29.4 Å². The molecule has 0 radical (unpaired) electrons. The maximum atomic E-state index is 12.7. The van der Waals surface area contributed by atoms with Crippen molar-refractivity contribution < 1.29 is 8.42 Å². The maximum absolute atomic E-state index is 12.7. The van der Waals surface area contributed by atoms with Crippen molar-refractivity contribution in [1.82, 2.24) is 4.90 Å². The number of anilines is 1. The first kappa shape index (κ1) is 21.1. The maximum Gasteiger partial charge on any atom is 0.263 e. The van der Waals surface area contributed by atoms with E-state index in [4.69, 9.17) is 35.4 Å². The van der Waals surface area contributed by atoms with E-state index in [1.54, 1.807) is 12.1 Å². The van der Waals surface area contributed by atoms with Gasteiger partial charge in [0.15, 0.2) is 0 Å². The summed E-state index contributed by atoms with van der Waals surface area (Å²) in [5, 5.41) is 1.01. The number of allylic oxidation sites excluding steroid dienone is 3. The lowest BCUT2D eigenvalue weighted by Gasteiger charge is -2.28. The van der Waals surface area contributed by atoms with Crippen LogP contribution in [0, 0.1) is 0 Å². The van der Waals surface area contributed by atoms with Crippen LogP contribution in [0.25, 0.3) is 0 Å². The Labute approximate surface area is 180 Å². The minimum Gasteiger partial charge on any atom is -0.306 e. The third-order valence-electron chi connectivity index (χ3n) is 4.44. The smallest absolute Gasteiger partial charge is 0.263 e. The van der Waals surface area contributed by atoms with E-state index < -0.39 is 10.0 Å². The zero-order valence-corrected chi connectivity index (χ0v) is 18.7. The van der Waals surface area contributed by atoms with E-state index in [1.807, 2.05) is 23.9 Å². The zero-order valence-electron chi connectivity index (χ0n) is 14.7. The second kappa shape index (κ2) is 8.84. The molecule has 3 rings (SSSR count). The summed E-state index contributed by atoms with van der Waals surface area (Å²) in [6.45, 7) is 2.23. The van der Waals surface area contributed by atoms with Gasteiger partial charge in [-0.05, 0) is 63.3 Å². The van der Waals surface area contributed by atoms with Gasteiger partial charge < -0.3 is 4.90 Å². The Bertz CT molecular complexity index is 888. The van der Waals surface area contributed by atoms with E-state index in [-0.39, 0.29) is 16.4 Å². The molecule has 1 N–H and O–H groups in total. The number of nitrogens with zero attached hydrogens (tertiary/aromatic N) is 1. The van der Waals surface area contributed by atoms with Crippen LogP contribution in [0.3, 0.4) is 0 Å². The number of halogens is 2. The van der Waals surface area contributed by atoms with Crippen molar-refractivity contribution >= 4 is 67.8 Å². The van der Waals surface area contributed by atoms with E-state index >= 15 is 0 Å². The van der Waals surface area contributed by atoms with E-state index in [0.717, 1.165) is 30.8 Å². The number of hydrogen-bond acceptors (Lipinski definition) is 5. The predicted octanol–water partition coefficient (Wildman–Crippen LogP) is 4.96. The minimum absolute atomic E-state index is 0.0522. The molecule has 4 nitrogen and oxygen atoms in total. The quantitative estimate of drug-likeness (QED) is 0.626. The molecular formula is C18H20Cl2N2O2S3. The van der Waals surface area contributed by atoms with Crippen LogP contribution in [0.5, 0.6) is 0 Å². The number of likely N-dealkylation sites (tertiary alicyclic amines) is 1. The van der Waals surface area contributed by atoms with Gasteiger partial charge in [0.25, 0.3) is 10.0 Å². The Morgan fingerprint density at radius 3 is 2.44 bits per heavy atom. The van der Waals surface area contributed by atoms with Gasteiger partial charge >= 0.3 is 0 Å². The summed E-state index contributed by atoms with van der Waals surface area (Å²) in [7, 11) is -1.72. The first-order valence-corrected chi connectivity index (χ1v) is 12.0. The van der Waals surface area contributed by atoms with Gasteiger partial charge in [0.2, 0.25) is 0 Å². The number of benzene rings is 1. The fourth-order valence-electron chi connectivity index (χ4n) is 2.93. The van der Waals surface area contributed by atoms with Crippen LogP contribution >= 0.6 is 47.2 Å². The van der Waals surface area contributed by atoms with Crippen molar-refractivity contribution in [1.29, 1.82) is 0 Å². The molecule has 1 aliphatic carbocycles. The number of sulfonamides is 1. The Balaban J connectivity index is 1.69. The van der Waals surface area contributed by atoms with Crippen molar-refractivity contribution in [2.24, 2.45) is 0 Å². The molecule has 1 heterocycles. The lowest BCUT2D eigenvalue weighted by molar-refractivity contribution is 0.282. The average Bonchev–Trinajstić information content (AvgIpc) is 2.61. The zero-order chi connectivity index (χ0) is 19.6. The highest BCUT2D eigenvalue weighted by Gasteiger charge is 2.26. The summed E-state index contributed by atoms with van der Waals surface area (Å²) in [6.07, 6.45) is 3.97. The summed E-state index contributed by atoms with van der Waals surface area (Å²) in [5.74, 6) is 0. The number of thioether (sulfide) groups is 1. The standard InChI is InChI=1S/C18H20Cl2N2O2S3/c1-22-8-6-15(7-9-22)26-14-4-2-13(3-5-14)21-27(23,24)17-11-12(19)10-16(25)18(17)20/h2-5,11,15,21H,6-10H2,1H3. The van der Waals surface area contributed by atoms with Crippen LogP contribution in [0.4, 0.5) is 5.69 Å². The largest absolute Gasteiger partial charge is 0.306 e. The molecule has 0 saturated carbocycles. The van der Waals surface area contributed by atoms with E-state index in [0.29, 0.717) is 20.8 Å². The van der Waals surface area contributed by atoms with Crippen molar-refractivity contribution in [3.05, 3.63) is 45.3 Å². The molecule has 0 unspecified atom stereocenters. The van der Waals surface area contributed by atoms with Crippen molar-refractivity contribution in [3.8, 4) is 0 Å².